The summed E-state index contributed by atoms with van der Waals surface area (Å²) < 4.78 is 5.48. The number of nitrogens with two attached hydrogens (primary N) is 1. The Bertz CT molecular complexity index is 1250. The molecule has 0 atom stereocenters. The number of fused-ring (bicyclic) bond motifs is 1. The summed E-state index contributed by atoms with van der Waals surface area (Å²) in [5, 5.41) is 1.83. The van der Waals surface area contributed by atoms with Crippen LogP contribution in [-0.2, 0) is 4.74 Å². The average molecular weight is 502 g/mol. The van der Waals surface area contributed by atoms with Crippen LogP contribution in [0.3, 0.4) is 0 Å². The lowest BCUT2D eigenvalue weighted by Gasteiger charge is -2.36. The van der Waals surface area contributed by atoms with Crippen LogP contribution in [0.2, 0.25) is 10.0 Å². The number of aromatic nitrogens is 2. The largest absolute Gasteiger partial charge is 0.444 e. The number of hydrogen-bond acceptors (Lipinski definition) is 6. The molecule has 4 rings (SSSR count). The number of nitrogens with zero attached hydrogens (tertiary/aromatic N) is 4. The Morgan fingerprint density at radius 2 is 1.65 bits per heavy atom. The number of carbonyl (C=O) groups excluding carboxylic acids is 2. The van der Waals surface area contributed by atoms with Gasteiger partial charge in [0.2, 0.25) is 5.82 Å². The van der Waals surface area contributed by atoms with Crippen LogP contribution in [0.1, 0.15) is 31.4 Å². The molecule has 0 bridgehead atoms. The Hall–Kier alpha value is -3.10. The molecule has 0 spiro atoms. The Morgan fingerprint density at radius 3 is 2.24 bits per heavy atom. The molecule has 2 amide bonds. The van der Waals surface area contributed by atoms with Gasteiger partial charge in [-0.2, -0.15) is 0 Å². The van der Waals surface area contributed by atoms with Crippen molar-refractivity contribution < 1.29 is 14.3 Å². The number of benzene rings is 2. The third-order valence-corrected chi connectivity index (χ3v) is 5.94. The molecule has 178 valence electrons. The normalized spacial score (nSPS) is 14.4. The average Bonchev–Trinajstić information content (AvgIpc) is 2.77. The van der Waals surface area contributed by atoms with Gasteiger partial charge in [0.15, 0.2) is 0 Å². The number of ether oxygens (including phenoxy) is 1. The van der Waals surface area contributed by atoms with E-state index in [-0.39, 0.29) is 11.9 Å². The van der Waals surface area contributed by atoms with E-state index in [0.29, 0.717) is 47.6 Å². The van der Waals surface area contributed by atoms with E-state index in [1.54, 1.807) is 23.1 Å². The van der Waals surface area contributed by atoms with Crippen molar-refractivity contribution >= 4 is 51.9 Å². The number of primary amides is 1. The summed E-state index contributed by atoms with van der Waals surface area (Å²) in [6.45, 7) is 7.41. The van der Waals surface area contributed by atoms with Crippen molar-refractivity contribution in [2.45, 2.75) is 26.4 Å². The van der Waals surface area contributed by atoms with Gasteiger partial charge in [0, 0.05) is 42.2 Å². The van der Waals surface area contributed by atoms with E-state index in [1.165, 1.54) is 0 Å². The lowest BCUT2D eigenvalue weighted by atomic mass is 10.0. The van der Waals surface area contributed by atoms with Crippen molar-refractivity contribution in [1.29, 1.82) is 0 Å². The van der Waals surface area contributed by atoms with Gasteiger partial charge in [-0.05, 0) is 50.6 Å². The summed E-state index contributed by atoms with van der Waals surface area (Å²) in [5.74, 6) is -0.254. The van der Waals surface area contributed by atoms with Gasteiger partial charge in [-0.25, -0.2) is 14.8 Å². The zero-order valence-electron chi connectivity index (χ0n) is 19.1. The van der Waals surface area contributed by atoms with Gasteiger partial charge in [0.1, 0.15) is 11.4 Å². The molecule has 34 heavy (non-hydrogen) atoms. The maximum absolute atomic E-state index is 12.4. The second-order valence-electron chi connectivity index (χ2n) is 9.05. The predicted octanol–water partition coefficient (Wildman–Crippen LogP) is 4.76. The van der Waals surface area contributed by atoms with E-state index < -0.39 is 11.5 Å². The van der Waals surface area contributed by atoms with Gasteiger partial charge in [0.25, 0.3) is 5.91 Å². The summed E-state index contributed by atoms with van der Waals surface area (Å²) >= 11 is 12.6. The molecule has 0 saturated carbocycles. The molecular formula is C24H25Cl2N5O3. The van der Waals surface area contributed by atoms with E-state index in [9.17, 15) is 9.59 Å². The van der Waals surface area contributed by atoms with E-state index in [1.807, 2.05) is 43.9 Å². The molecule has 0 unspecified atom stereocenters. The van der Waals surface area contributed by atoms with Gasteiger partial charge in [0.05, 0.1) is 10.5 Å². The second kappa shape index (κ2) is 9.27. The number of amides is 2. The van der Waals surface area contributed by atoms with Gasteiger partial charge in [-0.3, -0.25) is 4.79 Å². The summed E-state index contributed by atoms with van der Waals surface area (Å²) in [6, 6.07) is 11.0. The SMILES string of the molecule is CC(C)(C)OC(=O)N1CCN(c2nc(C(N)=O)nc3cc(Cl)c(-c4ccc(Cl)cc4)cc23)CC1. The fourth-order valence-electron chi connectivity index (χ4n) is 3.76. The number of carbonyl (C=O) groups is 2. The molecule has 10 heteroatoms. The van der Waals surface area contributed by atoms with Gasteiger partial charge < -0.3 is 20.3 Å². The quantitative estimate of drug-likeness (QED) is 0.554. The fourth-order valence-corrected chi connectivity index (χ4v) is 4.16. The standard InChI is InChI=1S/C24H25Cl2N5O3/c1-24(2,3)34-23(33)31-10-8-30(9-11-31)22-17-12-16(14-4-6-15(25)7-5-14)18(26)13-19(17)28-21(29-22)20(27)32/h4-7,12-13H,8-11H2,1-3H3,(H2,27,32). The number of hydrogen-bond donors (Lipinski definition) is 1. The summed E-state index contributed by atoms with van der Waals surface area (Å²) in [6.07, 6.45) is -0.352. The molecule has 1 aliphatic heterocycles. The lowest BCUT2D eigenvalue weighted by molar-refractivity contribution is 0.0240. The van der Waals surface area contributed by atoms with Crippen LogP contribution in [-0.4, -0.2) is 58.6 Å². The summed E-state index contributed by atoms with van der Waals surface area (Å²) in [4.78, 5) is 36.8. The molecule has 1 saturated heterocycles. The molecule has 2 heterocycles. The van der Waals surface area contributed by atoms with Crippen LogP contribution >= 0.6 is 23.2 Å². The summed E-state index contributed by atoms with van der Waals surface area (Å²) in [7, 11) is 0. The maximum Gasteiger partial charge on any atom is 0.410 e. The van der Waals surface area contributed by atoms with E-state index in [2.05, 4.69) is 9.97 Å². The third kappa shape index (κ3) is 5.18. The smallest absolute Gasteiger partial charge is 0.410 e. The molecule has 8 nitrogen and oxygen atoms in total. The van der Waals surface area contributed by atoms with Crippen molar-refractivity contribution in [2.75, 3.05) is 31.1 Å². The summed E-state index contributed by atoms with van der Waals surface area (Å²) in [5.41, 5.74) is 7.12. The molecule has 2 aromatic carbocycles. The predicted molar refractivity (Wildman–Crippen MR) is 134 cm³/mol. The molecule has 1 aromatic heterocycles. The molecule has 3 aromatic rings. The lowest BCUT2D eigenvalue weighted by Crippen LogP contribution is -2.50. The molecular weight excluding hydrogens is 477 g/mol. The number of rotatable bonds is 3. The Morgan fingerprint density at radius 1 is 1.00 bits per heavy atom. The first kappa shape index (κ1) is 24.0. The highest BCUT2D eigenvalue weighted by molar-refractivity contribution is 6.34. The minimum Gasteiger partial charge on any atom is -0.444 e. The van der Waals surface area contributed by atoms with E-state index >= 15 is 0 Å². The number of piperazine rings is 1. The molecule has 1 fully saturated rings. The molecule has 0 aliphatic carbocycles. The highest BCUT2D eigenvalue weighted by Gasteiger charge is 2.28. The van der Waals surface area contributed by atoms with Crippen molar-refractivity contribution in [1.82, 2.24) is 14.9 Å². The monoisotopic (exact) mass is 501 g/mol. The third-order valence-electron chi connectivity index (χ3n) is 5.37. The topological polar surface area (TPSA) is 102 Å². The van der Waals surface area contributed by atoms with E-state index in [0.717, 1.165) is 16.5 Å². The number of halogens is 2. The van der Waals surface area contributed by atoms with Crippen LogP contribution < -0.4 is 10.6 Å². The first-order valence-electron chi connectivity index (χ1n) is 10.8. The van der Waals surface area contributed by atoms with Crippen molar-refractivity contribution in [3.05, 3.63) is 52.3 Å². The Labute approximate surface area is 207 Å². The van der Waals surface area contributed by atoms with Gasteiger partial charge in [-0.15, -0.1) is 0 Å². The van der Waals surface area contributed by atoms with Crippen LogP contribution in [0.15, 0.2) is 36.4 Å². The second-order valence-corrected chi connectivity index (χ2v) is 9.89. The van der Waals surface area contributed by atoms with Gasteiger partial charge >= 0.3 is 6.09 Å². The highest BCUT2D eigenvalue weighted by atomic mass is 35.5. The number of anilines is 1. The van der Waals surface area contributed by atoms with E-state index in [4.69, 9.17) is 33.7 Å². The minimum absolute atomic E-state index is 0.0904. The van der Waals surface area contributed by atoms with Crippen molar-refractivity contribution in [3.8, 4) is 11.1 Å². The minimum atomic E-state index is -0.728. The van der Waals surface area contributed by atoms with Crippen molar-refractivity contribution in [2.24, 2.45) is 5.73 Å². The maximum atomic E-state index is 12.4. The Kier molecular flexibility index (Phi) is 6.55. The molecule has 1 aliphatic rings. The van der Waals surface area contributed by atoms with Crippen LogP contribution in [0.5, 0.6) is 0 Å². The Balaban J connectivity index is 1.71. The fraction of sp³-hybridized carbons (Fsp3) is 0.333. The highest BCUT2D eigenvalue weighted by Crippen LogP contribution is 2.35. The first-order valence-corrected chi connectivity index (χ1v) is 11.6. The molecule has 0 radical (unpaired) electrons. The van der Waals surface area contributed by atoms with Gasteiger partial charge in [-0.1, -0.05) is 35.3 Å². The van der Waals surface area contributed by atoms with Crippen LogP contribution in [0.4, 0.5) is 10.6 Å². The zero-order chi connectivity index (χ0) is 24.6. The van der Waals surface area contributed by atoms with Crippen LogP contribution in [0.25, 0.3) is 22.0 Å². The zero-order valence-corrected chi connectivity index (χ0v) is 20.7. The van der Waals surface area contributed by atoms with Crippen LogP contribution in [0, 0.1) is 0 Å². The first-order chi connectivity index (χ1) is 16.0. The molecule has 2 N–H and O–H groups in total. The van der Waals surface area contributed by atoms with Crippen molar-refractivity contribution in [3.63, 3.8) is 0 Å².